The van der Waals surface area contributed by atoms with Gasteiger partial charge < -0.3 is 9.47 Å². The molecule has 0 aromatic rings. The van der Waals surface area contributed by atoms with Gasteiger partial charge in [0, 0.05) is 13.2 Å². The van der Waals surface area contributed by atoms with Crippen molar-refractivity contribution in [1.29, 1.82) is 0 Å². The smallest absolute Gasteiger partial charge is 0.0833 e. The van der Waals surface area contributed by atoms with Crippen LogP contribution in [0.25, 0.3) is 0 Å². The largest absolute Gasteiger partial charge is 0.376 e. The summed E-state index contributed by atoms with van der Waals surface area (Å²) >= 11 is 0. The van der Waals surface area contributed by atoms with Crippen LogP contribution in [-0.4, -0.2) is 25.4 Å². The van der Waals surface area contributed by atoms with Crippen LogP contribution in [0.2, 0.25) is 0 Å². The first kappa shape index (κ1) is 43.4. The molecule has 0 aliphatic rings. The second kappa shape index (κ2) is 38.6. The van der Waals surface area contributed by atoms with E-state index in [4.69, 9.17) is 9.47 Å². The molecular formula is C42H82O2. The van der Waals surface area contributed by atoms with E-state index in [0.29, 0.717) is 0 Å². The molecule has 2 unspecified atom stereocenters. The van der Waals surface area contributed by atoms with E-state index in [1.54, 1.807) is 0 Å². The summed E-state index contributed by atoms with van der Waals surface area (Å²) in [7, 11) is 0. The number of hydrogen-bond donors (Lipinski definition) is 0. The summed E-state index contributed by atoms with van der Waals surface area (Å²) in [6.07, 6.45) is 50.2. The summed E-state index contributed by atoms with van der Waals surface area (Å²) in [6, 6.07) is 0. The summed E-state index contributed by atoms with van der Waals surface area (Å²) in [5.74, 6) is 0. The maximum absolute atomic E-state index is 6.31. The van der Waals surface area contributed by atoms with Gasteiger partial charge in [0.05, 0.1) is 12.2 Å². The van der Waals surface area contributed by atoms with E-state index in [1.807, 2.05) is 0 Å². The van der Waals surface area contributed by atoms with Crippen LogP contribution in [0.1, 0.15) is 220 Å². The van der Waals surface area contributed by atoms with Gasteiger partial charge in [-0.1, -0.05) is 168 Å². The van der Waals surface area contributed by atoms with Gasteiger partial charge >= 0.3 is 0 Å². The SMILES string of the molecule is CCCCCCCC/C=C\CCCCCCCCOC(CC)C(CC)OCCCCCCCC/C=C\CCCCCCCC. The van der Waals surface area contributed by atoms with Crippen molar-refractivity contribution in [3.8, 4) is 0 Å². The highest BCUT2D eigenvalue weighted by molar-refractivity contribution is 4.82. The first-order valence-electron chi connectivity index (χ1n) is 20.3. The molecule has 0 fully saturated rings. The maximum atomic E-state index is 6.31. The molecule has 0 N–H and O–H groups in total. The molecule has 0 aromatic carbocycles. The van der Waals surface area contributed by atoms with Crippen LogP contribution < -0.4 is 0 Å². The lowest BCUT2D eigenvalue weighted by atomic mass is 10.1. The molecule has 0 saturated heterocycles. The van der Waals surface area contributed by atoms with Gasteiger partial charge in [-0.25, -0.2) is 0 Å². The number of allylic oxidation sites excluding steroid dienone is 4. The summed E-state index contributed by atoms with van der Waals surface area (Å²) in [6.45, 7) is 10.9. The van der Waals surface area contributed by atoms with E-state index < -0.39 is 0 Å². The van der Waals surface area contributed by atoms with Crippen LogP contribution in [-0.2, 0) is 9.47 Å². The Kier molecular flexibility index (Phi) is 38.1. The molecule has 0 rings (SSSR count). The third-order valence-electron chi connectivity index (χ3n) is 9.20. The van der Waals surface area contributed by atoms with Crippen LogP contribution >= 0.6 is 0 Å². The van der Waals surface area contributed by atoms with Crippen molar-refractivity contribution in [2.75, 3.05) is 13.2 Å². The molecule has 0 aliphatic heterocycles. The summed E-state index contributed by atoms with van der Waals surface area (Å²) in [4.78, 5) is 0. The van der Waals surface area contributed by atoms with E-state index in [1.165, 1.54) is 180 Å². The first-order valence-corrected chi connectivity index (χ1v) is 20.3. The summed E-state index contributed by atoms with van der Waals surface area (Å²) < 4.78 is 12.6. The Morgan fingerprint density at radius 3 is 0.841 bits per heavy atom. The zero-order chi connectivity index (χ0) is 32.0. The summed E-state index contributed by atoms with van der Waals surface area (Å²) in [5, 5.41) is 0. The highest BCUT2D eigenvalue weighted by Gasteiger charge is 2.19. The lowest BCUT2D eigenvalue weighted by molar-refractivity contribution is -0.0773. The Bertz CT molecular complexity index is 518. The van der Waals surface area contributed by atoms with Gasteiger partial charge in [-0.3, -0.25) is 0 Å². The molecule has 0 amide bonds. The Morgan fingerprint density at radius 2 is 0.568 bits per heavy atom. The normalized spacial score (nSPS) is 13.5. The van der Waals surface area contributed by atoms with E-state index in [0.717, 1.165) is 26.1 Å². The van der Waals surface area contributed by atoms with E-state index >= 15 is 0 Å². The minimum Gasteiger partial charge on any atom is -0.376 e. The highest BCUT2D eigenvalue weighted by atomic mass is 16.5. The van der Waals surface area contributed by atoms with E-state index in [-0.39, 0.29) is 12.2 Å². The lowest BCUT2D eigenvalue weighted by Crippen LogP contribution is -2.31. The van der Waals surface area contributed by atoms with Crippen LogP contribution in [0, 0.1) is 0 Å². The van der Waals surface area contributed by atoms with Crippen molar-refractivity contribution in [2.45, 2.75) is 233 Å². The zero-order valence-corrected chi connectivity index (χ0v) is 30.9. The Morgan fingerprint density at radius 1 is 0.318 bits per heavy atom. The zero-order valence-electron chi connectivity index (χ0n) is 30.9. The monoisotopic (exact) mass is 619 g/mol. The first-order chi connectivity index (χ1) is 21.8. The average molecular weight is 619 g/mol. The van der Waals surface area contributed by atoms with Gasteiger partial charge in [-0.2, -0.15) is 0 Å². The number of hydrogen-bond acceptors (Lipinski definition) is 2. The van der Waals surface area contributed by atoms with Crippen molar-refractivity contribution >= 4 is 0 Å². The quantitative estimate of drug-likeness (QED) is 0.0509. The number of unbranched alkanes of at least 4 members (excludes halogenated alkanes) is 24. The fourth-order valence-corrected chi connectivity index (χ4v) is 6.14. The van der Waals surface area contributed by atoms with Gasteiger partial charge in [0.25, 0.3) is 0 Å². The molecule has 2 heteroatoms. The Balaban J connectivity index is 3.56. The van der Waals surface area contributed by atoms with E-state index in [2.05, 4.69) is 52.0 Å². The molecule has 0 saturated carbocycles. The molecule has 0 bridgehead atoms. The second-order valence-corrected chi connectivity index (χ2v) is 13.5. The van der Waals surface area contributed by atoms with Gasteiger partial charge in [-0.05, 0) is 77.0 Å². The predicted molar refractivity (Wildman–Crippen MR) is 199 cm³/mol. The fourth-order valence-electron chi connectivity index (χ4n) is 6.14. The summed E-state index contributed by atoms with van der Waals surface area (Å²) in [5.41, 5.74) is 0. The molecule has 0 spiro atoms. The number of ether oxygens (including phenoxy) is 2. The van der Waals surface area contributed by atoms with Crippen LogP contribution in [0.5, 0.6) is 0 Å². The van der Waals surface area contributed by atoms with Crippen LogP contribution in [0.4, 0.5) is 0 Å². The minimum atomic E-state index is 0.261. The molecule has 44 heavy (non-hydrogen) atoms. The van der Waals surface area contributed by atoms with Gasteiger partial charge in [0.15, 0.2) is 0 Å². The van der Waals surface area contributed by atoms with Gasteiger partial charge in [-0.15, -0.1) is 0 Å². The van der Waals surface area contributed by atoms with Crippen molar-refractivity contribution in [3.05, 3.63) is 24.3 Å². The second-order valence-electron chi connectivity index (χ2n) is 13.5. The van der Waals surface area contributed by atoms with Crippen molar-refractivity contribution < 1.29 is 9.47 Å². The molecule has 0 aromatic heterocycles. The van der Waals surface area contributed by atoms with E-state index in [9.17, 15) is 0 Å². The highest BCUT2D eigenvalue weighted by Crippen LogP contribution is 2.16. The average Bonchev–Trinajstić information content (AvgIpc) is 3.04. The van der Waals surface area contributed by atoms with Gasteiger partial charge in [0.1, 0.15) is 0 Å². The number of rotatable bonds is 37. The molecular weight excluding hydrogens is 536 g/mol. The van der Waals surface area contributed by atoms with Crippen LogP contribution in [0.15, 0.2) is 24.3 Å². The molecule has 2 atom stereocenters. The maximum Gasteiger partial charge on any atom is 0.0833 e. The predicted octanol–water partition coefficient (Wildman–Crippen LogP) is 14.7. The fraction of sp³-hybridized carbons (Fsp3) is 0.905. The Labute approximate surface area is 279 Å². The van der Waals surface area contributed by atoms with Gasteiger partial charge in [0.2, 0.25) is 0 Å². The standard InChI is InChI=1S/C42H82O2/c1-5-9-11-13-15-17-19-21-23-25-27-29-31-33-35-37-39-43-41(7-3)42(8-4)44-40-38-36-34-32-30-28-26-24-22-20-18-16-14-12-10-6-2/h21-24,41-42H,5-20,25-40H2,1-4H3/b23-21-,24-22-. The molecule has 0 radical (unpaired) electrons. The third kappa shape index (κ3) is 32.8. The lowest BCUT2D eigenvalue weighted by Gasteiger charge is -2.26. The molecule has 0 heterocycles. The third-order valence-corrected chi connectivity index (χ3v) is 9.20. The molecule has 2 nitrogen and oxygen atoms in total. The van der Waals surface area contributed by atoms with Crippen molar-refractivity contribution in [3.63, 3.8) is 0 Å². The minimum absolute atomic E-state index is 0.261. The topological polar surface area (TPSA) is 18.5 Å². The molecule has 262 valence electrons. The molecule has 0 aliphatic carbocycles. The van der Waals surface area contributed by atoms with Crippen molar-refractivity contribution in [2.24, 2.45) is 0 Å². The van der Waals surface area contributed by atoms with Crippen molar-refractivity contribution in [1.82, 2.24) is 0 Å². The van der Waals surface area contributed by atoms with Crippen LogP contribution in [0.3, 0.4) is 0 Å². The Hall–Kier alpha value is -0.600.